The molecule has 48 heavy (non-hydrogen) atoms. The topological polar surface area (TPSA) is 93.9 Å². The lowest BCUT2D eigenvalue weighted by atomic mass is 9.95. The van der Waals surface area contributed by atoms with Crippen LogP contribution in [0.5, 0.6) is 11.5 Å². The fourth-order valence-electron chi connectivity index (χ4n) is 5.54. The number of carbonyl (C=O) groups excluding carboxylic acids is 1. The van der Waals surface area contributed by atoms with Gasteiger partial charge in [0.15, 0.2) is 11.0 Å². The second-order valence-electron chi connectivity index (χ2n) is 11.8. The van der Waals surface area contributed by atoms with Crippen molar-refractivity contribution in [2.24, 2.45) is 4.99 Å². The average Bonchev–Trinajstić information content (AvgIpc) is 3.55. The number of carbonyl (C=O) groups is 1. The number of nitrogens with zero attached hydrogens (tertiary/aromatic N) is 5. The fraction of sp³-hybridized carbons (Fsp3) is 0.371. The Labute approximate surface area is 282 Å². The summed E-state index contributed by atoms with van der Waals surface area (Å²) in [6.07, 6.45) is -1.48. The molecule has 1 saturated heterocycles. The van der Waals surface area contributed by atoms with Crippen molar-refractivity contribution in [3.8, 4) is 28.6 Å². The van der Waals surface area contributed by atoms with Crippen LogP contribution in [-0.2, 0) is 0 Å². The number of alkyl halides is 3. The molecule has 1 aliphatic heterocycles. The molecule has 0 saturated carbocycles. The maximum absolute atomic E-state index is 13.2. The molecule has 2 atom stereocenters. The second-order valence-corrected chi connectivity index (χ2v) is 12.9. The van der Waals surface area contributed by atoms with Gasteiger partial charge >= 0.3 is 12.4 Å². The third-order valence-corrected chi connectivity index (χ3v) is 9.18. The van der Waals surface area contributed by atoms with Gasteiger partial charge in [0.1, 0.15) is 17.8 Å². The molecule has 0 radical (unpaired) electrons. The number of thioether (sulfide) groups is 1. The summed E-state index contributed by atoms with van der Waals surface area (Å²) in [5.41, 5.74) is 4.55. The molecule has 9 nitrogen and oxygen atoms in total. The summed E-state index contributed by atoms with van der Waals surface area (Å²) < 4.78 is 48.4. The number of benzene rings is 3. The highest BCUT2D eigenvalue weighted by Gasteiger charge is 2.31. The lowest BCUT2D eigenvalue weighted by molar-refractivity contribution is -0.274. The van der Waals surface area contributed by atoms with Crippen LogP contribution in [0.2, 0.25) is 0 Å². The highest BCUT2D eigenvalue weighted by atomic mass is 32.2. The molecule has 1 aliphatic rings. The largest absolute Gasteiger partial charge is 0.573 e. The molecule has 2 unspecified atom stereocenters. The highest BCUT2D eigenvalue weighted by Crippen LogP contribution is 2.37. The predicted octanol–water partition coefficient (Wildman–Crippen LogP) is 8.56. The van der Waals surface area contributed by atoms with E-state index >= 15 is 0 Å². The molecule has 4 aromatic rings. The quantitative estimate of drug-likeness (QED) is 0.179. The van der Waals surface area contributed by atoms with Crippen LogP contribution in [0.4, 0.5) is 23.7 Å². The second kappa shape index (κ2) is 15.1. The number of hydrogen-bond donors (Lipinski definition) is 1. The number of aromatic nitrogens is 3. The van der Waals surface area contributed by atoms with E-state index in [0.29, 0.717) is 23.2 Å². The van der Waals surface area contributed by atoms with Crippen molar-refractivity contribution in [2.45, 2.75) is 64.8 Å². The van der Waals surface area contributed by atoms with Crippen LogP contribution >= 0.6 is 11.8 Å². The zero-order chi connectivity index (χ0) is 34.4. The molecule has 13 heteroatoms. The summed E-state index contributed by atoms with van der Waals surface area (Å²) in [4.78, 5) is 24.3. The van der Waals surface area contributed by atoms with Gasteiger partial charge in [-0.15, -0.1) is 18.3 Å². The van der Waals surface area contributed by atoms with Gasteiger partial charge in [0.25, 0.3) is 0 Å². The van der Waals surface area contributed by atoms with E-state index < -0.39 is 6.36 Å². The molecule has 1 fully saturated rings. The summed E-state index contributed by atoms with van der Waals surface area (Å²) in [5, 5.41) is 8.18. The number of methoxy groups -OCH3 is 1. The van der Waals surface area contributed by atoms with Gasteiger partial charge in [0.05, 0.1) is 18.5 Å². The lowest BCUT2D eigenvalue weighted by Crippen LogP contribution is -2.43. The molecule has 5 rings (SSSR count). The third kappa shape index (κ3) is 8.49. The van der Waals surface area contributed by atoms with E-state index in [1.54, 1.807) is 18.9 Å². The molecule has 0 bridgehead atoms. The predicted molar refractivity (Wildman–Crippen MR) is 183 cm³/mol. The first kappa shape index (κ1) is 34.8. The van der Waals surface area contributed by atoms with Crippen molar-refractivity contribution in [1.29, 1.82) is 0 Å². The Morgan fingerprint density at radius 3 is 2.44 bits per heavy atom. The number of aliphatic imine (C=N–C) groups is 1. The molecule has 0 aliphatic carbocycles. The number of hydrogen-bond acceptors (Lipinski definition) is 6. The third-order valence-electron chi connectivity index (χ3n) is 8.19. The molecule has 2 amide bonds. The van der Waals surface area contributed by atoms with Crippen LogP contribution in [0, 0.1) is 0 Å². The van der Waals surface area contributed by atoms with Crippen LogP contribution in [0.1, 0.15) is 63.5 Å². The standard InChI is InChI=1S/C35H39F3N6O3S/c1-6-24(20-39-33(45)41-34-44(23(4)17-18-48-34)31-19-29(46-5)15-16-30(31)22(2)3)25-7-9-26(10-8-25)32-40-21-43(42-32)27-11-13-28(14-12-27)47-35(36,37)38/h7-16,19,21-24H,6,17-18,20H2,1-5H3,(H,39,45). The number of amides is 2. The van der Waals surface area contributed by atoms with Gasteiger partial charge in [0.2, 0.25) is 0 Å². The molecule has 3 aromatic carbocycles. The summed E-state index contributed by atoms with van der Waals surface area (Å²) in [6, 6.07) is 19.1. The zero-order valence-electron chi connectivity index (χ0n) is 27.5. The van der Waals surface area contributed by atoms with E-state index in [9.17, 15) is 18.0 Å². The maximum atomic E-state index is 13.2. The maximum Gasteiger partial charge on any atom is 0.573 e. The fourth-order valence-corrected chi connectivity index (χ4v) is 6.75. The Bertz CT molecular complexity index is 1720. The number of halogens is 3. The van der Waals surface area contributed by atoms with E-state index in [2.05, 4.69) is 63.8 Å². The summed E-state index contributed by atoms with van der Waals surface area (Å²) in [6.45, 7) is 8.95. The van der Waals surface area contributed by atoms with Crippen LogP contribution in [0.15, 0.2) is 78.0 Å². The Balaban J connectivity index is 1.25. The van der Waals surface area contributed by atoms with Crippen molar-refractivity contribution in [2.75, 3.05) is 24.3 Å². The Morgan fingerprint density at radius 2 is 1.79 bits per heavy atom. The Morgan fingerprint density at radius 1 is 1.08 bits per heavy atom. The zero-order valence-corrected chi connectivity index (χ0v) is 28.3. The molecule has 2 heterocycles. The number of rotatable bonds is 10. The van der Waals surface area contributed by atoms with Gasteiger partial charge in [0, 0.05) is 35.9 Å². The summed E-state index contributed by atoms with van der Waals surface area (Å²) in [7, 11) is 1.65. The van der Waals surface area contributed by atoms with Crippen LogP contribution < -0.4 is 19.7 Å². The van der Waals surface area contributed by atoms with Crippen molar-refractivity contribution in [3.05, 3.63) is 84.2 Å². The molecule has 1 N–H and O–H groups in total. The van der Waals surface area contributed by atoms with Gasteiger partial charge in [-0.3, -0.25) is 0 Å². The van der Waals surface area contributed by atoms with Gasteiger partial charge in [-0.05, 0) is 67.1 Å². The monoisotopic (exact) mass is 680 g/mol. The van der Waals surface area contributed by atoms with Crippen LogP contribution in [0.3, 0.4) is 0 Å². The summed E-state index contributed by atoms with van der Waals surface area (Å²) in [5.74, 6) is 2.14. The van der Waals surface area contributed by atoms with Gasteiger partial charge in [-0.25, -0.2) is 14.5 Å². The first-order chi connectivity index (χ1) is 23.0. The van der Waals surface area contributed by atoms with E-state index in [1.807, 2.05) is 36.4 Å². The van der Waals surface area contributed by atoms with Gasteiger partial charge < -0.3 is 19.7 Å². The van der Waals surface area contributed by atoms with Crippen molar-refractivity contribution >= 4 is 28.6 Å². The first-order valence-corrected chi connectivity index (χ1v) is 16.8. The van der Waals surface area contributed by atoms with Crippen molar-refractivity contribution < 1.29 is 27.4 Å². The Kier molecular flexibility index (Phi) is 11.0. The number of urea groups is 1. The van der Waals surface area contributed by atoms with Crippen molar-refractivity contribution in [3.63, 3.8) is 0 Å². The minimum atomic E-state index is -4.75. The first-order valence-electron chi connectivity index (χ1n) is 15.8. The van der Waals surface area contributed by atoms with Crippen molar-refractivity contribution in [1.82, 2.24) is 20.1 Å². The van der Waals surface area contributed by atoms with Gasteiger partial charge in [-0.2, -0.15) is 4.99 Å². The van der Waals surface area contributed by atoms with E-state index in [1.165, 1.54) is 40.8 Å². The smallest absolute Gasteiger partial charge is 0.497 e. The molecular formula is C35H39F3N6O3S. The highest BCUT2D eigenvalue weighted by molar-refractivity contribution is 8.14. The Hall–Kier alpha value is -4.52. The molecule has 254 valence electrons. The minimum Gasteiger partial charge on any atom is -0.497 e. The average molecular weight is 681 g/mol. The van der Waals surface area contributed by atoms with Crippen LogP contribution in [-0.4, -0.2) is 57.8 Å². The van der Waals surface area contributed by atoms with E-state index in [-0.39, 0.29) is 29.7 Å². The number of ether oxygens (including phenoxy) is 2. The number of anilines is 1. The van der Waals surface area contributed by atoms with E-state index in [4.69, 9.17) is 4.74 Å². The number of amidine groups is 1. The van der Waals surface area contributed by atoms with Crippen LogP contribution in [0.25, 0.3) is 17.1 Å². The minimum absolute atomic E-state index is 0.0612. The lowest BCUT2D eigenvalue weighted by Gasteiger charge is -2.37. The molecule has 1 aromatic heterocycles. The SMILES string of the molecule is CCC(CNC(=O)N=C1SCCC(C)N1c1cc(OC)ccc1C(C)C)c1ccc(-c2ncn(-c3ccc(OC(F)(F)F)cc3)n2)cc1. The summed E-state index contributed by atoms with van der Waals surface area (Å²) >= 11 is 1.58. The number of nitrogens with one attached hydrogen (secondary N) is 1. The molecular weight excluding hydrogens is 641 g/mol. The normalized spacial score (nSPS) is 16.6. The van der Waals surface area contributed by atoms with Gasteiger partial charge in [-0.1, -0.05) is 62.9 Å². The van der Waals surface area contributed by atoms with E-state index in [0.717, 1.165) is 41.2 Å². The molecule has 0 spiro atoms.